The van der Waals surface area contributed by atoms with Crippen molar-refractivity contribution >= 4 is 0 Å². The lowest BCUT2D eigenvalue weighted by Crippen LogP contribution is -2.37. The van der Waals surface area contributed by atoms with Gasteiger partial charge >= 0.3 is 0 Å². The normalized spacial score (nSPS) is 16.1. The van der Waals surface area contributed by atoms with E-state index in [1.54, 1.807) is 26.4 Å². The molecule has 0 bridgehead atoms. The van der Waals surface area contributed by atoms with Crippen LogP contribution in [0.1, 0.15) is 43.5 Å². The first-order valence-corrected chi connectivity index (χ1v) is 10.6. The Morgan fingerprint density at radius 1 is 1.13 bits per heavy atom. The second-order valence-electron chi connectivity index (χ2n) is 8.22. The molecule has 0 saturated heterocycles. The zero-order valence-electron chi connectivity index (χ0n) is 19.1. The van der Waals surface area contributed by atoms with E-state index in [9.17, 15) is 5.11 Å². The van der Waals surface area contributed by atoms with Crippen LogP contribution in [0.4, 0.5) is 0 Å². The third kappa shape index (κ3) is 5.51. The van der Waals surface area contributed by atoms with Crippen molar-refractivity contribution in [2.45, 2.75) is 45.8 Å². The lowest BCUT2D eigenvalue weighted by molar-refractivity contribution is -0.184. The van der Waals surface area contributed by atoms with Gasteiger partial charge in [-0.25, -0.2) is 0 Å². The number of methoxy groups -OCH3 is 2. The maximum absolute atomic E-state index is 10.3. The molecule has 1 aliphatic rings. The van der Waals surface area contributed by atoms with Crippen molar-refractivity contribution in [2.24, 2.45) is 0 Å². The van der Waals surface area contributed by atoms with E-state index in [0.717, 1.165) is 41.2 Å². The van der Waals surface area contributed by atoms with Gasteiger partial charge in [-0.3, -0.25) is 4.84 Å². The van der Waals surface area contributed by atoms with E-state index in [1.165, 1.54) is 5.56 Å². The van der Waals surface area contributed by atoms with Crippen LogP contribution in [-0.2, 0) is 17.7 Å². The zero-order valence-corrected chi connectivity index (χ0v) is 19.1. The summed E-state index contributed by atoms with van der Waals surface area (Å²) in [5, 5.41) is 12.3. The molecule has 3 rings (SSSR count). The first-order chi connectivity index (χ1) is 14.8. The third-order valence-electron chi connectivity index (χ3n) is 5.25. The summed E-state index contributed by atoms with van der Waals surface area (Å²) in [6, 6.07) is 9.60. The topological polar surface area (TPSA) is 60.4 Å². The highest BCUT2D eigenvalue weighted by Crippen LogP contribution is 2.40. The molecule has 0 saturated carbocycles. The Morgan fingerprint density at radius 3 is 2.48 bits per heavy atom. The predicted octanol–water partition coefficient (Wildman–Crippen LogP) is 4.85. The Morgan fingerprint density at radius 2 is 1.87 bits per heavy atom. The van der Waals surface area contributed by atoms with E-state index in [-0.39, 0.29) is 17.9 Å². The first kappa shape index (κ1) is 23.0. The summed E-state index contributed by atoms with van der Waals surface area (Å²) in [6.07, 6.45) is 1.53. The number of hydrogen-bond acceptors (Lipinski definition) is 6. The Bertz CT molecular complexity index is 924. The molecular formula is C25H33NO5. The lowest BCUT2D eigenvalue weighted by atomic mass is 9.89. The second-order valence-corrected chi connectivity index (χ2v) is 8.22. The van der Waals surface area contributed by atoms with Crippen LogP contribution in [-0.4, -0.2) is 43.6 Å². The number of fused-ring (bicyclic) bond motifs is 1. The molecule has 0 fully saturated rings. The average Bonchev–Trinajstić information content (AvgIpc) is 2.72. The highest BCUT2D eigenvalue weighted by Gasteiger charge is 2.30. The molecule has 0 spiro atoms. The van der Waals surface area contributed by atoms with E-state index in [0.29, 0.717) is 18.8 Å². The molecule has 0 aromatic heterocycles. The van der Waals surface area contributed by atoms with Gasteiger partial charge in [-0.2, -0.15) is 5.06 Å². The number of benzene rings is 2. The molecule has 2 aromatic carbocycles. The molecule has 6 heteroatoms. The number of phenols is 1. The molecular weight excluding hydrogens is 394 g/mol. The van der Waals surface area contributed by atoms with Crippen LogP contribution in [0.25, 0.3) is 0 Å². The Hall–Kier alpha value is -2.70. The number of nitrogens with zero attached hydrogens (tertiary/aromatic N) is 1. The number of aromatic hydroxyl groups is 1. The first-order valence-electron chi connectivity index (χ1n) is 10.6. The highest BCUT2D eigenvalue weighted by molar-refractivity contribution is 5.50. The largest absolute Gasteiger partial charge is 0.504 e. The van der Waals surface area contributed by atoms with Gasteiger partial charge in [0.25, 0.3) is 0 Å². The molecule has 0 amide bonds. The van der Waals surface area contributed by atoms with Crippen molar-refractivity contribution < 1.29 is 24.2 Å². The average molecular weight is 428 g/mol. The standard InChI is InChI=1S/C25H33NO5/c1-16(2)15-30-26-10-9-19-13-24(29-6)25(31-17(3)4)14-20(19)21(26)11-18-7-8-23(28-5)22(27)12-18/h7-8,12-14,17,21,27H,1,9-11,15H2,2-6H3. The smallest absolute Gasteiger partial charge is 0.161 e. The van der Waals surface area contributed by atoms with Crippen molar-refractivity contribution in [3.05, 3.63) is 59.2 Å². The maximum Gasteiger partial charge on any atom is 0.161 e. The van der Waals surface area contributed by atoms with Gasteiger partial charge in [-0.1, -0.05) is 18.2 Å². The van der Waals surface area contributed by atoms with Crippen LogP contribution in [0.5, 0.6) is 23.0 Å². The van der Waals surface area contributed by atoms with Crippen molar-refractivity contribution in [1.82, 2.24) is 5.06 Å². The quantitative estimate of drug-likeness (QED) is 0.578. The Kier molecular flexibility index (Phi) is 7.46. The molecule has 2 aromatic rings. The molecule has 0 aliphatic carbocycles. The summed E-state index contributed by atoms with van der Waals surface area (Å²) < 4.78 is 16.8. The van der Waals surface area contributed by atoms with Gasteiger partial charge in [0.2, 0.25) is 0 Å². The van der Waals surface area contributed by atoms with Crippen LogP contribution < -0.4 is 14.2 Å². The van der Waals surface area contributed by atoms with Crippen LogP contribution in [0.15, 0.2) is 42.5 Å². The van der Waals surface area contributed by atoms with Crippen molar-refractivity contribution in [3.63, 3.8) is 0 Å². The minimum atomic E-state index is -0.0451. The van der Waals surface area contributed by atoms with E-state index < -0.39 is 0 Å². The molecule has 0 radical (unpaired) electrons. The van der Waals surface area contributed by atoms with Gasteiger partial charge in [0.1, 0.15) is 0 Å². The van der Waals surface area contributed by atoms with Gasteiger partial charge in [0.15, 0.2) is 23.0 Å². The van der Waals surface area contributed by atoms with Crippen LogP contribution in [0.3, 0.4) is 0 Å². The fourth-order valence-corrected chi connectivity index (χ4v) is 3.84. The van der Waals surface area contributed by atoms with E-state index >= 15 is 0 Å². The van der Waals surface area contributed by atoms with Crippen molar-refractivity contribution in [1.29, 1.82) is 0 Å². The molecule has 6 nitrogen and oxygen atoms in total. The van der Waals surface area contributed by atoms with Crippen LogP contribution in [0, 0.1) is 0 Å². The fourth-order valence-electron chi connectivity index (χ4n) is 3.84. The summed E-state index contributed by atoms with van der Waals surface area (Å²) in [5.74, 6) is 2.05. The van der Waals surface area contributed by atoms with Gasteiger partial charge < -0.3 is 19.3 Å². The predicted molar refractivity (Wildman–Crippen MR) is 121 cm³/mol. The van der Waals surface area contributed by atoms with Gasteiger partial charge in [0, 0.05) is 6.54 Å². The highest BCUT2D eigenvalue weighted by atomic mass is 16.7. The molecule has 168 valence electrons. The summed E-state index contributed by atoms with van der Waals surface area (Å²) in [6.45, 7) is 11.1. The van der Waals surface area contributed by atoms with E-state index in [1.807, 2.05) is 31.9 Å². The fraction of sp³-hybridized carbons (Fsp3) is 0.440. The second kappa shape index (κ2) is 10.1. The van der Waals surface area contributed by atoms with Gasteiger partial charge in [-0.05, 0) is 74.6 Å². The number of hydrogen-bond donors (Lipinski definition) is 1. The van der Waals surface area contributed by atoms with E-state index in [4.69, 9.17) is 19.0 Å². The maximum atomic E-state index is 10.3. The third-order valence-corrected chi connectivity index (χ3v) is 5.25. The molecule has 1 heterocycles. The van der Waals surface area contributed by atoms with Crippen molar-refractivity contribution in [3.8, 4) is 23.0 Å². The summed E-state index contributed by atoms with van der Waals surface area (Å²) >= 11 is 0. The number of phenolic OH excluding ortho intramolecular Hbond substituents is 1. The molecule has 1 atom stereocenters. The monoisotopic (exact) mass is 427 g/mol. The molecule has 1 unspecified atom stereocenters. The van der Waals surface area contributed by atoms with Gasteiger partial charge in [-0.15, -0.1) is 0 Å². The van der Waals surface area contributed by atoms with Crippen molar-refractivity contribution in [2.75, 3.05) is 27.4 Å². The lowest BCUT2D eigenvalue weighted by Gasteiger charge is -2.37. The summed E-state index contributed by atoms with van der Waals surface area (Å²) in [4.78, 5) is 6.11. The number of hydroxylamine groups is 2. The number of rotatable bonds is 9. The molecule has 31 heavy (non-hydrogen) atoms. The van der Waals surface area contributed by atoms with Crippen LogP contribution >= 0.6 is 0 Å². The minimum Gasteiger partial charge on any atom is -0.504 e. The number of ether oxygens (including phenoxy) is 3. The summed E-state index contributed by atoms with van der Waals surface area (Å²) in [7, 11) is 3.21. The Labute approximate surface area is 184 Å². The SMILES string of the molecule is C=C(C)CON1CCc2cc(OC)c(OC(C)C)cc2C1Cc1ccc(OC)c(O)c1. The molecule has 1 aliphatic heterocycles. The van der Waals surface area contributed by atoms with E-state index in [2.05, 4.69) is 18.7 Å². The minimum absolute atomic E-state index is 0.0308. The molecule has 1 N–H and O–H groups in total. The summed E-state index contributed by atoms with van der Waals surface area (Å²) in [5.41, 5.74) is 4.30. The van der Waals surface area contributed by atoms with Crippen LogP contribution in [0.2, 0.25) is 0 Å². The zero-order chi connectivity index (χ0) is 22.5. The Balaban J connectivity index is 2.00. The van der Waals surface area contributed by atoms with Gasteiger partial charge in [0.05, 0.1) is 33.0 Å².